The number of esters is 1. The van der Waals surface area contributed by atoms with E-state index in [1.165, 1.54) is 154 Å². The van der Waals surface area contributed by atoms with Crippen molar-refractivity contribution in [1.29, 1.82) is 0 Å². The minimum absolute atomic E-state index is 0.145. The third kappa shape index (κ3) is 29.4. The number of hydrogen-bond acceptors (Lipinski definition) is 3. The molecule has 4 heteroatoms. The maximum absolute atomic E-state index is 12.0. The van der Waals surface area contributed by atoms with Gasteiger partial charge in [0, 0.05) is 0 Å². The first-order valence-electron chi connectivity index (χ1n) is 17.3. The third-order valence-electron chi connectivity index (χ3n) is 7.92. The van der Waals surface area contributed by atoms with E-state index in [4.69, 9.17) is 9.84 Å². The molecule has 0 aliphatic carbocycles. The molecule has 1 unspecified atom stereocenters. The number of carboxylic acids is 1. The molecule has 0 saturated heterocycles. The van der Waals surface area contributed by atoms with Gasteiger partial charge in [0.2, 0.25) is 0 Å². The Kier molecular flexibility index (Phi) is 30.7. The summed E-state index contributed by atoms with van der Waals surface area (Å²) in [6, 6.07) is 0. The lowest BCUT2D eigenvalue weighted by Gasteiger charge is -2.13. The Morgan fingerprint density at radius 1 is 0.625 bits per heavy atom. The monoisotopic (exact) mass is 562 g/mol. The van der Waals surface area contributed by atoms with E-state index in [2.05, 4.69) is 25.7 Å². The fourth-order valence-electron chi connectivity index (χ4n) is 5.42. The highest BCUT2D eigenvalue weighted by molar-refractivity contribution is 5.79. The zero-order chi connectivity index (χ0) is 29.4. The van der Waals surface area contributed by atoms with Crippen LogP contribution in [0.5, 0.6) is 0 Å². The fraction of sp³-hybridized carbons (Fsp3) is 0.833. The average molecular weight is 563 g/mol. The molecule has 1 atom stereocenters. The van der Waals surface area contributed by atoms with Crippen LogP contribution in [0.1, 0.15) is 180 Å². The first-order chi connectivity index (χ1) is 19.6. The Balaban J connectivity index is 3.30. The Morgan fingerprint density at radius 2 is 1.00 bits per heavy atom. The number of ether oxygens (including phenoxy) is 1. The van der Waals surface area contributed by atoms with Crippen LogP contribution in [0.2, 0.25) is 0 Å². The van der Waals surface area contributed by atoms with E-state index in [0.29, 0.717) is 6.42 Å². The number of hydrogen-bond donors (Lipinski definition) is 1. The maximum Gasteiger partial charge on any atom is 0.309 e. The van der Waals surface area contributed by atoms with Crippen molar-refractivity contribution in [3.8, 4) is 0 Å². The molecular formula is C36H66O4. The summed E-state index contributed by atoms with van der Waals surface area (Å²) in [6.07, 6.45) is 40.1. The zero-order valence-electron chi connectivity index (χ0n) is 26.5. The molecule has 0 aromatic heterocycles. The standard InChI is InChI=1S/C36H66O4/c1-3-5-6-7-8-9-10-11-12-13-14-15-16-17-18-19-20-21-22-23-24-25-26-27-28-29-30-31-34(33-35(37)38)36(39)40-32-4-2/h4-6,34H,2-3,7-33H2,1H3,(H,37,38)/b6-5+. The molecule has 0 radical (unpaired) electrons. The van der Waals surface area contributed by atoms with E-state index in [-0.39, 0.29) is 13.0 Å². The van der Waals surface area contributed by atoms with Crippen molar-refractivity contribution in [3.05, 3.63) is 24.8 Å². The van der Waals surface area contributed by atoms with Gasteiger partial charge in [-0.2, -0.15) is 0 Å². The Bertz CT molecular complexity index is 598. The van der Waals surface area contributed by atoms with Gasteiger partial charge in [-0.1, -0.05) is 173 Å². The van der Waals surface area contributed by atoms with Crippen molar-refractivity contribution in [2.24, 2.45) is 5.92 Å². The van der Waals surface area contributed by atoms with Gasteiger partial charge in [0.25, 0.3) is 0 Å². The van der Waals surface area contributed by atoms with Crippen molar-refractivity contribution in [1.82, 2.24) is 0 Å². The molecule has 0 bridgehead atoms. The van der Waals surface area contributed by atoms with Gasteiger partial charge < -0.3 is 9.84 Å². The Hall–Kier alpha value is -1.58. The molecule has 0 aliphatic rings. The van der Waals surface area contributed by atoms with Gasteiger partial charge in [-0.3, -0.25) is 9.59 Å². The second-order valence-corrected chi connectivity index (χ2v) is 11.8. The molecule has 0 fully saturated rings. The number of unbranched alkanes of at least 4 members (excludes halogenated alkanes) is 23. The molecular weight excluding hydrogens is 496 g/mol. The summed E-state index contributed by atoms with van der Waals surface area (Å²) in [7, 11) is 0. The Morgan fingerprint density at radius 3 is 1.35 bits per heavy atom. The van der Waals surface area contributed by atoms with E-state index < -0.39 is 17.9 Å². The number of carboxylic acid groups (broad SMARTS) is 1. The molecule has 4 nitrogen and oxygen atoms in total. The normalized spacial score (nSPS) is 12.1. The Labute approximate surface area is 248 Å². The van der Waals surface area contributed by atoms with E-state index in [1.807, 2.05) is 0 Å². The first kappa shape index (κ1) is 38.4. The van der Waals surface area contributed by atoms with E-state index in [1.54, 1.807) is 0 Å². The molecule has 40 heavy (non-hydrogen) atoms. The molecule has 234 valence electrons. The predicted octanol–water partition coefficient (Wildman–Crippen LogP) is 11.5. The number of carbonyl (C=O) groups excluding carboxylic acids is 1. The van der Waals surface area contributed by atoms with Crippen LogP contribution in [-0.4, -0.2) is 23.7 Å². The third-order valence-corrected chi connectivity index (χ3v) is 7.92. The van der Waals surface area contributed by atoms with Crippen LogP contribution in [0.25, 0.3) is 0 Å². The van der Waals surface area contributed by atoms with Crippen LogP contribution in [0.15, 0.2) is 24.8 Å². The number of aliphatic carboxylic acids is 1. The van der Waals surface area contributed by atoms with Gasteiger partial charge in [-0.05, 0) is 25.7 Å². The van der Waals surface area contributed by atoms with Gasteiger partial charge in [0.05, 0.1) is 12.3 Å². The molecule has 0 heterocycles. The largest absolute Gasteiger partial charge is 0.481 e. The van der Waals surface area contributed by atoms with E-state index >= 15 is 0 Å². The number of carbonyl (C=O) groups is 2. The molecule has 0 spiro atoms. The topological polar surface area (TPSA) is 63.6 Å². The predicted molar refractivity (Wildman–Crippen MR) is 172 cm³/mol. The van der Waals surface area contributed by atoms with Gasteiger partial charge in [-0.15, -0.1) is 0 Å². The lowest BCUT2D eigenvalue weighted by atomic mass is 9.97. The molecule has 0 aliphatic heterocycles. The van der Waals surface area contributed by atoms with Crippen LogP contribution in [0.3, 0.4) is 0 Å². The number of allylic oxidation sites excluding steroid dienone is 2. The van der Waals surface area contributed by atoms with Crippen molar-refractivity contribution >= 4 is 11.9 Å². The molecule has 0 aromatic rings. The molecule has 0 saturated carbocycles. The highest BCUT2D eigenvalue weighted by Crippen LogP contribution is 2.19. The first-order valence-corrected chi connectivity index (χ1v) is 17.3. The van der Waals surface area contributed by atoms with Crippen LogP contribution in [0, 0.1) is 5.92 Å². The summed E-state index contributed by atoms with van der Waals surface area (Å²) in [5.74, 6) is -1.88. The molecule has 0 aromatic carbocycles. The molecule has 1 N–H and O–H groups in total. The fourth-order valence-corrected chi connectivity index (χ4v) is 5.42. The van der Waals surface area contributed by atoms with Crippen molar-refractivity contribution in [2.45, 2.75) is 180 Å². The highest BCUT2D eigenvalue weighted by Gasteiger charge is 2.22. The van der Waals surface area contributed by atoms with Gasteiger partial charge >= 0.3 is 11.9 Å². The average Bonchev–Trinajstić information content (AvgIpc) is 2.94. The summed E-state index contributed by atoms with van der Waals surface area (Å²) < 4.78 is 5.04. The second-order valence-electron chi connectivity index (χ2n) is 11.8. The zero-order valence-corrected chi connectivity index (χ0v) is 26.5. The van der Waals surface area contributed by atoms with E-state index in [9.17, 15) is 9.59 Å². The van der Waals surface area contributed by atoms with E-state index in [0.717, 1.165) is 12.8 Å². The summed E-state index contributed by atoms with van der Waals surface area (Å²) >= 11 is 0. The SMILES string of the molecule is C=CCOC(=O)C(CCCCCCCCCCCCCCCCCCCCCCCCC/C=C/CC)CC(=O)O. The summed E-state index contributed by atoms with van der Waals surface area (Å²) in [4.78, 5) is 23.0. The summed E-state index contributed by atoms with van der Waals surface area (Å²) in [6.45, 7) is 5.88. The van der Waals surface area contributed by atoms with Crippen molar-refractivity contribution in [2.75, 3.05) is 6.61 Å². The van der Waals surface area contributed by atoms with Gasteiger partial charge in [-0.25, -0.2) is 0 Å². The van der Waals surface area contributed by atoms with Crippen LogP contribution in [-0.2, 0) is 14.3 Å². The quantitative estimate of drug-likeness (QED) is 0.0503. The van der Waals surface area contributed by atoms with Crippen LogP contribution >= 0.6 is 0 Å². The lowest BCUT2D eigenvalue weighted by Crippen LogP contribution is -2.21. The van der Waals surface area contributed by atoms with Crippen molar-refractivity contribution in [3.63, 3.8) is 0 Å². The van der Waals surface area contributed by atoms with Crippen LogP contribution in [0.4, 0.5) is 0 Å². The highest BCUT2D eigenvalue weighted by atomic mass is 16.5. The number of rotatable bonds is 32. The molecule has 0 amide bonds. The maximum atomic E-state index is 12.0. The van der Waals surface area contributed by atoms with Crippen molar-refractivity contribution < 1.29 is 19.4 Å². The summed E-state index contributed by atoms with van der Waals surface area (Å²) in [5.41, 5.74) is 0. The van der Waals surface area contributed by atoms with Gasteiger partial charge in [0.15, 0.2) is 0 Å². The lowest BCUT2D eigenvalue weighted by molar-refractivity contribution is -0.152. The van der Waals surface area contributed by atoms with Gasteiger partial charge in [0.1, 0.15) is 6.61 Å². The second kappa shape index (κ2) is 31.9. The minimum atomic E-state index is -0.940. The minimum Gasteiger partial charge on any atom is -0.481 e. The molecule has 0 rings (SSSR count). The summed E-state index contributed by atoms with van der Waals surface area (Å²) in [5, 5.41) is 9.03. The smallest absolute Gasteiger partial charge is 0.309 e. The van der Waals surface area contributed by atoms with Crippen LogP contribution < -0.4 is 0 Å².